The van der Waals surface area contributed by atoms with Gasteiger partial charge in [-0.1, -0.05) is 91.0 Å². The molecule has 0 unspecified atom stereocenters. The fraction of sp³-hybridized carbons (Fsp3) is 0.0526. The number of allylic oxidation sites excluding steroid dienone is 1. The molecule has 0 atom stereocenters. The molecule has 2 aliphatic rings. The Balaban J connectivity index is 1.16. The van der Waals surface area contributed by atoms with E-state index in [2.05, 4.69) is 121 Å². The van der Waals surface area contributed by atoms with E-state index in [1.807, 2.05) is 11.3 Å². The van der Waals surface area contributed by atoms with E-state index in [1.165, 1.54) is 86.6 Å². The molecule has 0 fully saturated rings. The molecular weight excluding hydrogens is 488 g/mol. The first-order valence-electron chi connectivity index (χ1n) is 13.7. The van der Waals surface area contributed by atoms with Crippen molar-refractivity contribution >= 4 is 49.0 Å². The molecule has 0 saturated carbocycles. The van der Waals surface area contributed by atoms with Crippen molar-refractivity contribution in [2.75, 3.05) is 0 Å². The smallest absolute Gasteiger partial charge is 0.0430 e. The Labute approximate surface area is 231 Å². The summed E-state index contributed by atoms with van der Waals surface area (Å²) in [6.45, 7) is 0. The van der Waals surface area contributed by atoms with Crippen molar-refractivity contribution in [3.8, 4) is 44.5 Å². The highest BCUT2D eigenvalue weighted by Crippen LogP contribution is 2.48. The third kappa shape index (κ3) is 3.11. The first kappa shape index (κ1) is 21.5. The summed E-state index contributed by atoms with van der Waals surface area (Å²) < 4.78 is 1.42. The van der Waals surface area contributed by atoms with Crippen molar-refractivity contribution in [1.82, 2.24) is 0 Å². The lowest BCUT2D eigenvalue weighted by atomic mass is 9.93. The van der Waals surface area contributed by atoms with E-state index in [1.54, 1.807) is 0 Å². The Bertz CT molecular complexity index is 2170. The van der Waals surface area contributed by atoms with Crippen LogP contribution in [0.15, 0.2) is 115 Å². The first-order valence-corrected chi connectivity index (χ1v) is 14.6. The van der Waals surface area contributed by atoms with Gasteiger partial charge in [0.25, 0.3) is 0 Å². The summed E-state index contributed by atoms with van der Waals surface area (Å²) in [6.07, 6.45) is 6.92. The second-order valence-corrected chi connectivity index (χ2v) is 11.9. The number of fused-ring (bicyclic) bond motifs is 7. The number of rotatable bonds is 2. The summed E-state index contributed by atoms with van der Waals surface area (Å²) in [6, 6.07) is 41.0. The number of aryl methyl sites for hydroxylation is 1. The molecule has 1 aromatic heterocycles. The van der Waals surface area contributed by atoms with Crippen molar-refractivity contribution in [1.29, 1.82) is 0 Å². The predicted octanol–water partition coefficient (Wildman–Crippen LogP) is 11.1. The molecule has 1 heterocycles. The molecule has 0 nitrogen and oxygen atoms in total. The summed E-state index contributed by atoms with van der Waals surface area (Å²) in [4.78, 5) is 1.43. The van der Waals surface area contributed by atoms with Gasteiger partial charge in [-0.2, -0.15) is 0 Å². The van der Waals surface area contributed by atoms with Crippen molar-refractivity contribution in [3.63, 3.8) is 0 Å². The SMILES string of the molecule is C1=Cc2sc3c(-c4ccc5cc(-c6cc7c8c(cccc8c6)-c6ccccc6-7)ccc5c4)cccc3c2CC1. The highest BCUT2D eigenvalue weighted by molar-refractivity contribution is 7.20. The quantitative estimate of drug-likeness (QED) is 0.216. The maximum atomic E-state index is 2.39. The summed E-state index contributed by atoms with van der Waals surface area (Å²) in [5.41, 5.74) is 12.1. The van der Waals surface area contributed by atoms with Gasteiger partial charge >= 0.3 is 0 Å². The Morgan fingerprint density at radius 2 is 1.23 bits per heavy atom. The molecule has 182 valence electrons. The van der Waals surface area contributed by atoms with Gasteiger partial charge in [-0.25, -0.2) is 0 Å². The lowest BCUT2D eigenvalue weighted by Crippen LogP contribution is -1.88. The lowest BCUT2D eigenvalue weighted by Gasteiger charge is -2.10. The summed E-state index contributed by atoms with van der Waals surface area (Å²) in [7, 11) is 0. The molecule has 0 spiro atoms. The van der Waals surface area contributed by atoms with Crippen LogP contribution >= 0.6 is 11.3 Å². The average Bonchev–Trinajstić information content (AvgIpc) is 3.54. The summed E-state index contributed by atoms with van der Waals surface area (Å²) in [5, 5.41) is 6.69. The van der Waals surface area contributed by atoms with E-state index >= 15 is 0 Å². The van der Waals surface area contributed by atoms with Crippen LogP contribution in [0.4, 0.5) is 0 Å². The number of thiophene rings is 1. The highest BCUT2D eigenvalue weighted by Gasteiger charge is 2.21. The van der Waals surface area contributed by atoms with Crippen molar-refractivity contribution in [3.05, 3.63) is 126 Å². The van der Waals surface area contributed by atoms with E-state index in [0.717, 1.165) is 12.8 Å². The fourth-order valence-corrected chi connectivity index (χ4v) is 8.12. The normalized spacial score (nSPS) is 13.3. The van der Waals surface area contributed by atoms with Crippen LogP contribution in [-0.4, -0.2) is 0 Å². The van der Waals surface area contributed by atoms with Gasteiger partial charge in [0.1, 0.15) is 0 Å². The molecular formula is C38H24S. The van der Waals surface area contributed by atoms with Crippen LogP contribution in [0.2, 0.25) is 0 Å². The lowest BCUT2D eigenvalue weighted by molar-refractivity contribution is 1.01. The van der Waals surface area contributed by atoms with Gasteiger partial charge in [0.15, 0.2) is 0 Å². The van der Waals surface area contributed by atoms with Crippen LogP contribution in [0.25, 0.3) is 82.2 Å². The van der Waals surface area contributed by atoms with E-state index in [-0.39, 0.29) is 0 Å². The molecule has 6 aromatic carbocycles. The van der Waals surface area contributed by atoms with Gasteiger partial charge in [-0.3, -0.25) is 0 Å². The molecule has 39 heavy (non-hydrogen) atoms. The van der Waals surface area contributed by atoms with E-state index < -0.39 is 0 Å². The van der Waals surface area contributed by atoms with Gasteiger partial charge < -0.3 is 0 Å². The summed E-state index contributed by atoms with van der Waals surface area (Å²) >= 11 is 1.94. The molecule has 9 rings (SSSR count). The average molecular weight is 513 g/mol. The van der Waals surface area contributed by atoms with E-state index in [0.29, 0.717) is 0 Å². The molecule has 7 aromatic rings. The fourth-order valence-electron chi connectivity index (χ4n) is 6.80. The van der Waals surface area contributed by atoms with E-state index in [4.69, 9.17) is 0 Å². The van der Waals surface area contributed by atoms with Crippen molar-refractivity contribution in [2.24, 2.45) is 0 Å². The zero-order valence-electron chi connectivity index (χ0n) is 21.4. The van der Waals surface area contributed by atoms with Gasteiger partial charge in [0.2, 0.25) is 0 Å². The van der Waals surface area contributed by atoms with Crippen LogP contribution < -0.4 is 0 Å². The Morgan fingerprint density at radius 1 is 0.513 bits per heavy atom. The maximum Gasteiger partial charge on any atom is 0.0430 e. The third-order valence-electron chi connectivity index (χ3n) is 8.65. The highest BCUT2D eigenvalue weighted by atomic mass is 32.1. The van der Waals surface area contributed by atoms with E-state index in [9.17, 15) is 0 Å². The molecule has 0 N–H and O–H groups in total. The van der Waals surface area contributed by atoms with Gasteiger partial charge in [0, 0.05) is 9.58 Å². The molecule has 0 radical (unpaired) electrons. The van der Waals surface area contributed by atoms with Crippen LogP contribution in [0, 0.1) is 0 Å². The number of hydrogen-bond acceptors (Lipinski definition) is 1. The summed E-state index contributed by atoms with van der Waals surface area (Å²) in [5.74, 6) is 0. The molecule has 2 aliphatic carbocycles. The zero-order valence-corrected chi connectivity index (χ0v) is 22.2. The second-order valence-electron chi connectivity index (χ2n) is 10.8. The van der Waals surface area contributed by atoms with Gasteiger partial charge in [-0.15, -0.1) is 11.3 Å². The van der Waals surface area contributed by atoms with Gasteiger partial charge in [-0.05, 0) is 120 Å². The Morgan fingerprint density at radius 3 is 2.13 bits per heavy atom. The minimum atomic E-state index is 1.15. The van der Waals surface area contributed by atoms with Crippen LogP contribution in [0.5, 0.6) is 0 Å². The standard InChI is InChI=1S/C38H24S/c1-2-9-31-30(8-1)33-12-5-7-27-21-28(22-35(31)37(27)33)25-16-15-24-20-26(18-17-23(24)19-25)29-11-6-13-34-32-10-3-4-14-36(32)39-38(29)34/h1-2,4-9,11-22H,3,10H2. The molecule has 0 aliphatic heterocycles. The largest absolute Gasteiger partial charge is 0.135 e. The van der Waals surface area contributed by atoms with Crippen LogP contribution in [0.3, 0.4) is 0 Å². The minimum absolute atomic E-state index is 1.15. The maximum absolute atomic E-state index is 2.39. The first-order chi connectivity index (χ1) is 19.3. The molecule has 0 bridgehead atoms. The number of benzene rings is 6. The molecule has 0 saturated heterocycles. The monoisotopic (exact) mass is 512 g/mol. The Hall–Kier alpha value is -4.46. The zero-order chi connectivity index (χ0) is 25.5. The van der Waals surface area contributed by atoms with Gasteiger partial charge in [0.05, 0.1) is 0 Å². The molecule has 0 amide bonds. The van der Waals surface area contributed by atoms with Crippen LogP contribution in [-0.2, 0) is 6.42 Å². The van der Waals surface area contributed by atoms with Crippen molar-refractivity contribution < 1.29 is 0 Å². The predicted molar refractivity (Wildman–Crippen MR) is 169 cm³/mol. The second kappa shape index (κ2) is 8.02. The minimum Gasteiger partial charge on any atom is -0.135 e. The Kier molecular flexibility index (Phi) is 4.42. The third-order valence-corrected chi connectivity index (χ3v) is 9.90. The topological polar surface area (TPSA) is 0 Å². The van der Waals surface area contributed by atoms with Crippen LogP contribution in [0.1, 0.15) is 16.9 Å². The molecule has 1 heteroatoms. The van der Waals surface area contributed by atoms with Crippen molar-refractivity contribution in [2.45, 2.75) is 12.8 Å². The number of hydrogen-bond donors (Lipinski definition) is 0.